The summed E-state index contributed by atoms with van der Waals surface area (Å²) >= 11 is 0. The Balaban J connectivity index is 1.78. The van der Waals surface area contributed by atoms with Gasteiger partial charge >= 0.3 is 5.97 Å². The summed E-state index contributed by atoms with van der Waals surface area (Å²) in [5.74, 6) is -0.122. The van der Waals surface area contributed by atoms with Crippen LogP contribution in [0, 0.1) is 0 Å². The second-order valence-electron chi connectivity index (χ2n) is 4.92. The summed E-state index contributed by atoms with van der Waals surface area (Å²) in [6.45, 7) is 3.41. The molecule has 1 heterocycles. The Morgan fingerprint density at radius 1 is 1.38 bits per heavy atom. The smallest absolute Gasteiger partial charge is 0.330 e. The number of esters is 1. The average molecular weight is 328 g/mol. The standard InChI is InChI=1S/C18H20N2O4/c1-2-3-4-8-16(21)23-11-9-19-17(22)14-6-5-7-15(13-14)18-20-10-12-24-18/h2-8,13H,9-12H2,1H3,(H,19,22)/b3-2+,8-4+. The predicted molar refractivity (Wildman–Crippen MR) is 91.0 cm³/mol. The molecule has 1 amide bonds. The van der Waals surface area contributed by atoms with Gasteiger partial charge in [-0.3, -0.25) is 4.79 Å². The van der Waals surface area contributed by atoms with Crippen molar-refractivity contribution < 1.29 is 19.1 Å². The first-order valence-corrected chi connectivity index (χ1v) is 7.72. The Bertz CT molecular complexity index is 677. The third kappa shape index (κ3) is 5.39. The van der Waals surface area contributed by atoms with E-state index in [9.17, 15) is 9.59 Å². The molecule has 1 aromatic carbocycles. The largest absolute Gasteiger partial charge is 0.476 e. The highest BCUT2D eigenvalue weighted by atomic mass is 16.5. The number of benzene rings is 1. The van der Waals surface area contributed by atoms with Crippen molar-refractivity contribution in [2.24, 2.45) is 4.99 Å². The van der Waals surface area contributed by atoms with Gasteiger partial charge in [-0.25, -0.2) is 9.79 Å². The van der Waals surface area contributed by atoms with Gasteiger partial charge in [0.2, 0.25) is 5.90 Å². The Morgan fingerprint density at radius 3 is 3.00 bits per heavy atom. The summed E-state index contributed by atoms with van der Waals surface area (Å²) in [4.78, 5) is 27.7. The number of allylic oxidation sites excluding steroid dienone is 3. The highest BCUT2D eigenvalue weighted by Crippen LogP contribution is 2.10. The monoisotopic (exact) mass is 328 g/mol. The van der Waals surface area contributed by atoms with Crippen molar-refractivity contribution in [2.45, 2.75) is 6.92 Å². The van der Waals surface area contributed by atoms with Crippen LogP contribution < -0.4 is 5.32 Å². The molecule has 1 N–H and O–H groups in total. The summed E-state index contributed by atoms with van der Waals surface area (Å²) < 4.78 is 10.4. The highest BCUT2D eigenvalue weighted by molar-refractivity contribution is 6.00. The summed E-state index contributed by atoms with van der Waals surface area (Å²) in [5.41, 5.74) is 1.28. The van der Waals surface area contributed by atoms with E-state index in [-0.39, 0.29) is 19.1 Å². The molecule has 126 valence electrons. The van der Waals surface area contributed by atoms with E-state index in [1.807, 2.05) is 13.0 Å². The fourth-order valence-corrected chi connectivity index (χ4v) is 2.01. The second-order valence-corrected chi connectivity index (χ2v) is 4.92. The molecule has 6 nitrogen and oxygen atoms in total. The van der Waals surface area contributed by atoms with Crippen LogP contribution in [0.15, 0.2) is 53.6 Å². The summed E-state index contributed by atoms with van der Waals surface area (Å²) in [6.07, 6.45) is 6.46. The number of nitrogens with one attached hydrogen (secondary N) is 1. The van der Waals surface area contributed by atoms with Gasteiger partial charge in [0.1, 0.15) is 13.2 Å². The predicted octanol–water partition coefficient (Wildman–Crippen LogP) is 1.87. The fourth-order valence-electron chi connectivity index (χ4n) is 2.01. The van der Waals surface area contributed by atoms with Crippen molar-refractivity contribution >= 4 is 17.8 Å². The first-order valence-electron chi connectivity index (χ1n) is 7.72. The number of carbonyl (C=O) groups excluding carboxylic acids is 2. The number of amides is 1. The number of hydrogen-bond acceptors (Lipinski definition) is 5. The lowest BCUT2D eigenvalue weighted by Gasteiger charge is -2.07. The molecule has 0 unspecified atom stereocenters. The first kappa shape index (κ1) is 17.5. The SMILES string of the molecule is C/C=C/C=C/C(=O)OCCNC(=O)c1cccc(C2=NCCO2)c1. The lowest BCUT2D eigenvalue weighted by molar-refractivity contribution is -0.137. The Labute approximate surface area is 140 Å². The van der Waals surface area contributed by atoms with E-state index >= 15 is 0 Å². The van der Waals surface area contributed by atoms with Crippen LogP contribution in [0.4, 0.5) is 0 Å². The summed E-state index contributed by atoms with van der Waals surface area (Å²) in [5, 5.41) is 2.70. The van der Waals surface area contributed by atoms with E-state index in [4.69, 9.17) is 9.47 Å². The fraction of sp³-hybridized carbons (Fsp3) is 0.278. The zero-order chi connectivity index (χ0) is 17.2. The van der Waals surface area contributed by atoms with Crippen molar-refractivity contribution in [3.05, 3.63) is 59.7 Å². The molecule has 0 radical (unpaired) electrons. The van der Waals surface area contributed by atoms with Gasteiger partial charge in [-0.2, -0.15) is 0 Å². The van der Waals surface area contributed by atoms with Gasteiger partial charge in [0.25, 0.3) is 5.91 Å². The van der Waals surface area contributed by atoms with Crippen LogP contribution in [0.5, 0.6) is 0 Å². The Hall–Kier alpha value is -2.89. The highest BCUT2D eigenvalue weighted by Gasteiger charge is 2.12. The number of nitrogens with zero attached hydrogens (tertiary/aromatic N) is 1. The summed E-state index contributed by atoms with van der Waals surface area (Å²) in [6, 6.07) is 7.06. The minimum Gasteiger partial charge on any atom is -0.476 e. The van der Waals surface area contributed by atoms with Crippen LogP contribution in [0.25, 0.3) is 0 Å². The van der Waals surface area contributed by atoms with Gasteiger partial charge in [0.15, 0.2) is 0 Å². The molecule has 0 fully saturated rings. The lowest BCUT2D eigenvalue weighted by Crippen LogP contribution is -2.28. The van der Waals surface area contributed by atoms with Gasteiger partial charge in [-0.1, -0.05) is 24.3 Å². The van der Waals surface area contributed by atoms with Gasteiger partial charge in [-0.05, 0) is 25.1 Å². The van der Waals surface area contributed by atoms with E-state index in [2.05, 4.69) is 10.3 Å². The van der Waals surface area contributed by atoms with Gasteiger partial charge in [0.05, 0.1) is 13.1 Å². The third-order valence-electron chi connectivity index (χ3n) is 3.12. The molecule has 0 aromatic heterocycles. The van der Waals surface area contributed by atoms with E-state index in [0.29, 0.717) is 24.6 Å². The van der Waals surface area contributed by atoms with E-state index < -0.39 is 5.97 Å². The molecule has 2 rings (SSSR count). The van der Waals surface area contributed by atoms with Crippen molar-refractivity contribution in [1.82, 2.24) is 5.32 Å². The van der Waals surface area contributed by atoms with Crippen LogP contribution in [0.3, 0.4) is 0 Å². The maximum atomic E-state index is 12.1. The Morgan fingerprint density at radius 2 is 2.25 bits per heavy atom. The quantitative estimate of drug-likeness (QED) is 0.359. The molecule has 1 aromatic rings. The molecule has 6 heteroatoms. The number of hydrogen-bond donors (Lipinski definition) is 1. The van der Waals surface area contributed by atoms with Crippen LogP contribution in [0.2, 0.25) is 0 Å². The van der Waals surface area contributed by atoms with Crippen LogP contribution in [0.1, 0.15) is 22.8 Å². The number of ether oxygens (including phenoxy) is 2. The van der Waals surface area contributed by atoms with Gasteiger partial charge in [0, 0.05) is 17.2 Å². The van der Waals surface area contributed by atoms with Crippen molar-refractivity contribution in [1.29, 1.82) is 0 Å². The minimum atomic E-state index is -0.444. The maximum absolute atomic E-state index is 12.1. The zero-order valence-electron chi connectivity index (χ0n) is 13.5. The molecule has 24 heavy (non-hydrogen) atoms. The third-order valence-corrected chi connectivity index (χ3v) is 3.12. The maximum Gasteiger partial charge on any atom is 0.330 e. The van der Waals surface area contributed by atoms with Crippen LogP contribution >= 0.6 is 0 Å². The van der Waals surface area contributed by atoms with Gasteiger partial charge < -0.3 is 14.8 Å². The first-order chi connectivity index (χ1) is 11.7. The molecule has 0 spiro atoms. The van der Waals surface area contributed by atoms with E-state index in [0.717, 1.165) is 5.56 Å². The van der Waals surface area contributed by atoms with E-state index in [1.54, 1.807) is 36.4 Å². The normalized spacial score (nSPS) is 13.8. The lowest BCUT2D eigenvalue weighted by atomic mass is 10.1. The van der Waals surface area contributed by atoms with Gasteiger partial charge in [-0.15, -0.1) is 0 Å². The van der Waals surface area contributed by atoms with Crippen LogP contribution in [-0.2, 0) is 14.3 Å². The molecule has 0 saturated carbocycles. The Kier molecular flexibility index (Phi) is 6.76. The molecular weight excluding hydrogens is 308 g/mol. The molecular formula is C18H20N2O4. The van der Waals surface area contributed by atoms with Crippen molar-refractivity contribution in [3.8, 4) is 0 Å². The zero-order valence-corrected chi connectivity index (χ0v) is 13.5. The molecule has 0 aliphatic carbocycles. The minimum absolute atomic E-state index is 0.111. The van der Waals surface area contributed by atoms with Crippen molar-refractivity contribution in [2.75, 3.05) is 26.3 Å². The average Bonchev–Trinajstić information content (AvgIpc) is 3.13. The van der Waals surface area contributed by atoms with Crippen molar-refractivity contribution in [3.63, 3.8) is 0 Å². The van der Waals surface area contributed by atoms with E-state index in [1.165, 1.54) is 6.08 Å². The molecule has 0 bridgehead atoms. The number of carbonyl (C=O) groups is 2. The molecule has 1 aliphatic rings. The molecule has 0 saturated heterocycles. The number of rotatable bonds is 7. The topological polar surface area (TPSA) is 77.0 Å². The number of aliphatic imine (C=N–C) groups is 1. The van der Waals surface area contributed by atoms with Crippen LogP contribution in [-0.4, -0.2) is 44.1 Å². The molecule has 0 atom stereocenters. The summed E-state index contributed by atoms with van der Waals surface area (Å²) in [7, 11) is 0. The molecule has 1 aliphatic heterocycles. The second kappa shape index (κ2) is 9.29.